The molecule has 2 aliphatic heterocycles. The van der Waals surface area contributed by atoms with Gasteiger partial charge in [-0.3, -0.25) is 9.69 Å². The molecule has 0 aromatic carbocycles. The molecule has 0 saturated carbocycles. The van der Waals surface area contributed by atoms with E-state index in [1.54, 1.807) is 13.2 Å². The zero-order valence-electron chi connectivity index (χ0n) is 20.5. The molecule has 2 aliphatic rings. The third-order valence-electron chi connectivity index (χ3n) is 5.85. The van der Waals surface area contributed by atoms with Gasteiger partial charge in [-0.1, -0.05) is 16.9 Å². The number of carboxylic acid groups (broad SMARTS) is 1. The Bertz CT molecular complexity index is 1530. The van der Waals surface area contributed by atoms with Crippen molar-refractivity contribution in [2.75, 3.05) is 23.4 Å². The van der Waals surface area contributed by atoms with Gasteiger partial charge in [0.2, 0.25) is 11.1 Å². The topological polar surface area (TPSA) is 232 Å². The van der Waals surface area contributed by atoms with Gasteiger partial charge in [-0.15, -0.1) is 16.9 Å². The number of aromatic nitrogens is 10. The number of aryl methyl sites for hydroxylation is 3. The summed E-state index contributed by atoms with van der Waals surface area (Å²) in [6.45, 7) is 0.150. The van der Waals surface area contributed by atoms with Crippen LogP contribution in [0.15, 0.2) is 27.8 Å². The number of carbonyl (C=O) groups excluding carboxylic acids is 1. The van der Waals surface area contributed by atoms with E-state index in [1.165, 1.54) is 40.2 Å². The van der Waals surface area contributed by atoms with Crippen molar-refractivity contribution in [1.29, 1.82) is 0 Å². The summed E-state index contributed by atoms with van der Waals surface area (Å²) in [5.74, 6) is -0.379. The minimum atomic E-state index is -3.82. The molecule has 4 N–H and O–H groups in total. The van der Waals surface area contributed by atoms with E-state index in [0.717, 1.165) is 4.68 Å². The van der Waals surface area contributed by atoms with Gasteiger partial charge in [0, 0.05) is 38.3 Å². The van der Waals surface area contributed by atoms with Gasteiger partial charge >= 0.3 is 5.97 Å². The maximum Gasteiger partial charge on any atom is 0.352 e. The average molecular weight is 598 g/mol. The second-order valence-corrected chi connectivity index (χ2v) is 12.2. The summed E-state index contributed by atoms with van der Waals surface area (Å²) in [4.78, 5) is 33.7. The van der Waals surface area contributed by atoms with Gasteiger partial charge in [-0.05, 0) is 39.3 Å². The van der Waals surface area contributed by atoms with Crippen LogP contribution in [0.1, 0.15) is 12.1 Å². The summed E-state index contributed by atoms with van der Waals surface area (Å²) >= 11 is 2.77. The largest absolute Gasteiger partial charge is 0.477 e. The van der Waals surface area contributed by atoms with Gasteiger partial charge in [0.25, 0.3) is 21.1 Å². The molecule has 1 amide bonds. The lowest BCUT2D eigenvalue weighted by atomic mass is 10.0. The minimum Gasteiger partial charge on any atom is -0.477 e. The Hall–Kier alpha value is -3.56. The number of amides is 1. The number of aromatic amines is 1. The van der Waals surface area contributed by atoms with Crippen LogP contribution in [-0.2, 0) is 40.1 Å². The van der Waals surface area contributed by atoms with Crippen molar-refractivity contribution in [2.45, 2.75) is 34.6 Å². The summed E-state index contributed by atoms with van der Waals surface area (Å²) in [6, 6.07) is -0.646. The van der Waals surface area contributed by atoms with Crippen LogP contribution in [0, 0.1) is 0 Å². The molecule has 1 saturated heterocycles. The maximum absolute atomic E-state index is 13.0. The van der Waals surface area contributed by atoms with Gasteiger partial charge in [-0.2, -0.15) is 0 Å². The van der Waals surface area contributed by atoms with E-state index >= 15 is 0 Å². The Labute approximate surface area is 229 Å². The van der Waals surface area contributed by atoms with Crippen molar-refractivity contribution in [1.82, 2.24) is 60.0 Å². The van der Waals surface area contributed by atoms with Crippen LogP contribution in [0.3, 0.4) is 0 Å². The first kappa shape index (κ1) is 27.0. The molecule has 5 heterocycles. The highest BCUT2D eigenvalue weighted by molar-refractivity contribution is 8.01. The number of hydrogen-bond acceptors (Lipinski definition) is 14. The number of β-lactam (4-membered cyclic amide) rings is 1. The van der Waals surface area contributed by atoms with Gasteiger partial charge in [0.05, 0.1) is 5.69 Å². The molecule has 0 bridgehead atoms. The standard InChI is InChI=1S/C18H23N13O5S3/c1-29-17(23-25-27-29)38-8-9-7-37-14-11(13(32)31(14)12(9)15(33)34)22-16-19-6-10(21-16)4-3-5-20-39(35,36)18-24-26-28-30(18)2/h6,11,14,20H,3-5,7-8H2,1-2H3,(H,33,34)(H2,19,21,22)/t11?,14-/m0/s1. The predicted molar refractivity (Wildman–Crippen MR) is 136 cm³/mol. The maximum atomic E-state index is 13.0. The third-order valence-corrected chi connectivity index (χ3v) is 9.70. The van der Waals surface area contributed by atoms with Crippen LogP contribution >= 0.6 is 23.5 Å². The highest BCUT2D eigenvalue weighted by Gasteiger charge is 2.53. The van der Waals surface area contributed by atoms with E-state index < -0.39 is 27.4 Å². The third kappa shape index (κ3) is 5.46. The van der Waals surface area contributed by atoms with Crippen molar-refractivity contribution in [2.24, 2.45) is 14.1 Å². The number of thioether (sulfide) groups is 2. The first-order valence-corrected chi connectivity index (χ1v) is 15.0. The zero-order valence-corrected chi connectivity index (χ0v) is 23.0. The highest BCUT2D eigenvalue weighted by Crippen LogP contribution is 2.42. The Kier molecular flexibility index (Phi) is 7.55. The molecular weight excluding hydrogens is 574 g/mol. The number of nitrogens with one attached hydrogen (secondary N) is 3. The normalized spacial score (nSPS) is 19.2. The number of H-pyrrole nitrogens is 1. The molecule has 39 heavy (non-hydrogen) atoms. The molecule has 0 spiro atoms. The van der Waals surface area contributed by atoms with Crippen LogP contribution in [0.4, 0.5) is 5.95 Å². The fourth-order valence-corrected chi connectivity index (χ4v) is 7.39. The molecule has 2 atom stereocenters. The second kappa shape index (κ2) is 10.9. The number of fused-ring (bicyclic) bond motifs is 1. The minimum absolute atomic E-state index is 0.0101. The van der Waals surface area contributed by atoms with Crippen LogP contribution in [0.25, 0.3) is 0 Å². The molecule has 3 aromatic heterocycles. The predicted octanol–water partition coefficient (Wildman–Crippen LogP) is -1.81. The zero-order chi connectivity index (χ0) is 27.7. The fourth-order valence-electron chi connectivity index (χ4n) is 3.99. The van der Waals surface area contributed by atoms with E-state index in [2.05, 4.69) is 51.1 Å². The van der Waals surface area contributed by atoms with Crippen LogP contribution < -0.4 is 10.0 Å². The number of carboxylic acids is 1. The Balaban J connectivity index is 1.15. The number of hydrogen-bond donors (Lipinski definition) is 4. The number of imidazole rings is 1. The van der Waals surface area contributed by atoms with Crippen molar-refractivity contribution in [3.05, 3.63) is 23.2 Å². The van der Waals surface area contributed by atoms with E-state index in [0.29, 0.717) is 46.7 Å². The number of aliphatic carboxylic acids is 1. The molecule has 1 unspecified atom stereocenters. The first-order chi connectivity index (χ1) is 18.7. The van der Waals surface area contributed by atoms with Crippen LogP contribution in [-0.4, -0.2) is 110 Å². The van der Waals surface area contributed by atoms with Gasteiger partial charge in [-0.25, -0.2) is 32.3 Å². The van der Waals surface area contributed by atoms with E-state index in [1.807, 2.05) is 0 Å². The molecule has 3 aromatic rings. The lowest BCUT2D eigenvalue weighted by Crippen LogP contribution is -2.67. The molecule has 208 valence electrons. The lowest BCUT2D eigenvalue weighted by Gasteiger charge is -2.49. The smallest absolute Gasteiger partial charge is 0.352 e. The second-order valence-electron chi connectivity index (χ2n) is 8.49. The number of anilines is 1. The molecular formula is C18H23N13O5S3. The SMILES string of the molecule is Cn1nnnc1SCC1=C(C(=O)O)N2C(=O)C(Nc3nc(CCCNS(=O)(=O)c4nnnn4C)c[nH]3)[C@@H]2SC1. The highest BCUT2D eigenvalue weighted by atomic mass is 32.2. The van der Waals surface area contributed by atoms with Gasteiger partial charge in [0.1, 0.15) is 17.1 Å². The number of nitrogens with zero attached hydrogens (tertiary/aromatic N) is 10. The summed E-state index contributed by atoms with van der Waals surface area (Å²) in [5, 5.41) is 34.3. The van der Waals surface area contributed by atoms with E-state index in [-0.39, 0.29) is 23.3 Å². The molecule has 0 aliphatic carbocycles. The van der Waals surface area contributed by atoms with Crippen LogP contribution in [0.2, 0.25) is 0 Å². The fraction of sp³-hybridized carbons (Fsp3) is 0.500. The molecule has 5 rings (SSSR count). The molecule has 1 fully saturated rings. The number of rotatable bonds is 12. The van der Waals surface area contributed by atoms with Crippen molar-refractivity contribution in [3.63, 3.8) is 0 Å². The molecule has 18 nitrogen and oxygen atoms in total. The summed E-state index contributed by atoms with van der Waals surface area (Å²) in [6.07, 6.45) is 2.59. The number of tetrazole rings is 2. The van der Waals surface area contributed by atoms with Crippen LogP contribution in [0.5, 0.6) is 0 Å². The summed E-state index contributed by atoms with van der Waals surface area (Å²) in [7, 11) is -0.700. The Morgan fingerprint density at radius 3 is 2.72 bits per heavy atom. The summed E-state index contributed by atoms with van der Waals surface area (Å²) in [5.41, 5.74) is 1.28. The first-order valence-electron chi connectivity index (χ1n) is 11.4. The van der Waals surface area contributed by atoms with Crippen molar-refractivity contribution in [3.8, 4) is 0 Å². The van der Waals surface area contributed by atoms with Gasteiger partial charge in [0.15, 0.2) is 0 Å². The van der Waals surface area contributed by atoms with E-state index in [4.69, 9.17) is 0 Å². The van der Waals surface area contributed by atoms with E-state index in [9.17, 15) is 23.1 Å². The Morgan fingerprint density at radius 1 is 1.26 bits per heavy atom. The lowest BCUT2D eigenvalue weighted by molar-refractivity contribution is -0.147. The monoisotopic (exact) mass is 597 g/mol. The quantitative estimate of drug-likeness (QED) is 0.102. The van der Waals surface area contributed by atoms with Crippen molar-refractivity contribution >= 4 is 51.4 Å². The number of sulfonamides is 1. The molecule has 21 heteroatoms. The Morgan fingerprint density at radius 2 is 2.03 bits per heavy atom. The summed E-state index contributed by atoms with van der Waals surface area (Å²) < 4.78 is 29.5. The average Bonchev–Trinajstić information content (AvgIpc) is 3.64. The molecule has 0 radical (unpaired) electrons. The van der Waals surface area contributed by atoms with Gasteiger partial charge < -0.3 is 15.4 Å². The number of carbonyl (C=O) groups is 2. The van der Waals surface area contributed by atoms with Crippen molar-refractivity contribution < 1.29 is 23.1 Å².